The van der Waals surface area contributed by atoms with Gasteiger partial charge in [-0.15, -0.1) is 0 Å². The summed E-state index contributed by atoms with van der Waals surface area (Å²) >= 11 is 0. The average Bonchev–Trinajstić information content (AvgIpc) is 3.24. The Hall–Kier alpha value is -2.13. The number of benzene rings is 2. The molecule has 0 amide bonds. The van der Waals surface area contributed by atoms with Crippen molar-refractivity contribution < 1.29 is 14.3 Å². The van der Waals surface area contributed by atoms with Gasteiger partial charge in [-0.25, -0.2) is 0 Å². The molecule has 2 aromatic rings. The second kappa shape index (κ2) is 3.93. The summed E-state index contributed by atoms with van der Waals surface area (Å²) in [5, 5.41) is 0. The molecule has 0 radical (unpaired) electrons. The topological polar surface area (TPSA) is 38.8 Å². The van der Waals surface area contributed by atoms with E-state index >= 15 is 0 Å². The maximum Gasteiger partial charge on any atom is 0.194 e. The molecule has 19 heavy (non-hydrogen) atoms. The van der Waals surface area contributed by atoms with Gasteiger partial charge in [-0.1, -0.05) is 24.3 Å². The fourth-order valence-corrected chi connectivity index (χ4v) is 2.45. The summed E-state index contributed by atoms with van der Waals surface area (Å²) in [7, 11) is 0. The van der Waals surface area contributed by atoms with Gasteiger partial charge in [0.2, 0.25) is 0 Å². The molecule has 0 spiro atoms. The second-order valence-electron chi connectivity index (χ2n) is 4.85. The van der Waals surface area contributed by atoms with Gasteiger partial charge in [0.1, 0.15) is 18.5 Å². The van der Waals surface area contributed by atoms with Crippen molar-refractivity contribution in [3.05, 3.63) is 53.6 Å². The number of rotatable bonds is 3. The Morgan fingerprint density at radius 3 is 2.58 bits per heavy atom. The van der Waals surface area contributed by atoms with Gasteiger partial charge in [0.15, 0.2) is 5.78 Å². The lowest BCUT2D eigenvalue weighted by Crippen LogP contribution is -2.04. The highest BCUT2D eigenvalue weighted by Crippen LogP contribution is 2.38. The minimum atomic E-state index is 0.0821. The first-order valence-electron chi connectivity index (χ1n) is 6.35. The van der Waals surface area contributed by atoms with E-state index in [0.717, 1.165) is 34.6 Å². The van der Waals surface area contributed by atoms with Gasteiger partial charge in [-0.05, 0) is 29.3 Å². The minimum absolute atomic E-state index is 0.0821. The van der Waals surface area contributed by atoms with E-state index in [9.17, 15) is 4.79 Å². The summed E-state index contributed by atoms with van der Waals surface area (Å²) in [5.41, 5.74) is 3.52. The summed E-state index contributed by atoms with van der Waals surface area (Å²) < 4.78 is 10.7. The molecular formula is C16H12O3. The fraction of sp³-hybridized carbons (Fsp3) is 0.188. The zero-order chi connectivity index (χ0) is 12.8. The third kappa shape index (κ3) is 1.74. The Bertz CT molecular complexity index is 671. The third-order valence-electron chi connectivity index (χ3n) is 3.54. The molecule has 0 aromatic heterocycles. The van der Waals surface area contributed by atoms with E-state index in [1.54, 1.807) is 0 Å². The quantitative estimate of drug-likeness (QED) is 0.673. The van der Waals surface area contributed by atoms with Crippen LogP contribution in [0.5, 0.6) is 5.75 Å². The molecule has 0 N–H and O–H groups in total. The fourth-order valence-electron chi connectivity index (χ4n) is 2.45. The van der Waals surface area contributed by atoms with Gasteiger partial charge in [0.25, 0.3) is 0 Å². The molecule has 0 unspecified atom stereocenters. The largest absolute Gasteiger partial charge is 0.491 e. The first kappa shape index (κ1) is 10.8. The predicted octanol–water partition coefficient (Wildman–Crippen LogP) is 2.68. The zero-order valence-corrected chi connectivity index (χ0v) is 10.3. The van der Waals surface area contributed by atoms with Crippen molar-refractivity contribution >= 4 is 5.78 Å². The normalized spacial score (nSPS) is 18.9. The lowest BCUT2D eigenvalue weighted by Gasteiger charge is -2.06. The monoisotopic (exact) mass is 252 g/mol. The van der Waals surface area contributed by atoms with E-state index in [1.165, 1.54) is 0 Å². The number of carbonyl (C=O) groups excluding carboxylic acids is 1. The molecular weight excluding hydrogens is 240 g/mol. The summed E-state index contributed by atoms with van der Waals surface area (Å²) in [6.07, 6.45) is 0.223. The van der Waals surface area contributed by atoms with Crippen LogP contribution in [-0.4, -0.2) is 25.1 Å². The molecule has 0 saturated carbocycles. The van der Waals surface area contributed by atoms with Crippen LogP contribution in [-0.2, 0) is 4.74 Å². The van der Waals surface area contributed by atoms with Gasteiger partial charge in [0.05, 0.1) is 6.61 Å². The van der Waals surface area contributed by atoms with Crippen LogP contribution in [0, 0.1) is 0 Å². The van der Waals surface area contributed by atoms with E-state index in [2.05, 4.69) is 0 Å². The molecule has 1 aliphatic carbocycles. The van der Waals surface area contributed by atoms with E-state index in [0.29, 0.717) is 6.61 Å². The summed E-state index contributed by atoms with van der Waals surface area (Å²) in [5.74, 6) is 0.814. The van der Waals surface area contributed by atoms with Crippen LogP contribution in [0.3, 0.4) is 0 Å². The summed E-state index contributed by atoms with van der Waals surface area (Å²) in [6, 6.07) is 13.4. The van der Waals surface area contributed by atoms with Gasteiger partial charge >= 0.3 is 0 Å². The first-order valence-corrected chi connectivity index (χ1v) is 6.35. The van der Waals surface area contributed by atoms with Crippen LogP contribution < -0.4 is 4.74 Å². The number of ketones is 1. The van der Waals surface area contributed by atoms with E-state index in [1.807, 2.05) is 42.5 Å². The molecule has 1 aliphatic heterocycles. The second-order valence-corrected chi connectivity index (χ2v) is 4.85. The van der Waals surface area contributed by atoms with E-state index in [4.69, 9.17) is 9.47 Å². The Labute approximate surface area is 110 Å². The third-order valence-corrected chi connectivity index (χ3v) is 3.54. The number of epoxide rings is 1. The van der Waals surface area contributed by atoms with Gasteiger partial charge in [-0.3, -0.25) is 4.79 Å². The average molecular weight is 252 g/mol. The molecule has 3 nitrogen and oxygen atoms in total. The molecule has 94 valence electrons. The van der Waals surface area contributed by atoms with Gasteiger partial charge in [-0.2, -0.15) is 0 Å². The Morgan fingerprint density at radius 2 is 1.79 bits per heavy atom. The van der Waals surface area contributed by atoms with Crippen molar-refractivity contribution in [1.29, 1.82) is 0 Å². The van der Waals surface area contributed by atoms with Crippen LogP contribution >= 0.6 is 0 Å². The molecule has 2 aromatic carbocycles. The maximum absolute atomic E-state index is 12.3. The highest BCUT2D eigenvalue weighted by atomic mass is 16.6. The molecule has 4 rings (SSSR count). The van der Waals surface area contributed by atoms with Crippen molar-refractivity contribution in [2.45, 2.75) is 6.10 Å². The highest BCUT2D eigenvalue weighted by molar-refractivity contribution is 6.21. The maximum atomic E-state index is 12.3. The van der Waals surface area contributed by atoms with Gasteiger partial charge < -0.3 is 9.47 Å². The molecule has 2 aliphatic rings. The van der Waals surface area contributed by atoms with Crippen molar-refractivity contribution in [3.63, 3.8) is 0 Å². The number of hydrogen-bond acceptors (Lipinski definition) is 3. The number of carbonyl (C=O) groups is 1. The SMILES string of the molecule is O=C1c2ccccc2-c2ccc(OC[C@@H]3CO3)cc21. The lowest BCUT2D eigenvalue weighted by atomic mass is 10.1. The number of fused-ring (bicyclic) bond motifs is 3. The molecule has 1 atom stereocenters. The summed E-state index contributed by atoms with van der Waals surface area (Å²) in [4.78, 5) is 12.3. The predicted molar refractivity (Wildman–Crippen MR) is 70.5 cm³/mol. The first-order chi connectivity index (χ1) is 9.33. The van der Waals surface area contributed by atoms with Gasteiger partial charge in [0, 0.05) is 11.1 Å². The van der Waals surface area contributed by atoms with Crippen molar-refractivity contribution in [2.24, 2.45) is 0 Å². The minimum Gasteiger partial charge on any atom is -0.491 e. The lowest BCUT2D eigenvalue weighted by molar-refractivity contribution is 0.104. The molecule has 1 fully saturated rings. The van der Waals surface area contributed by atoms with E-state index in [-0.39, 0.29) is 11.9 Å². The molecule has 3 heteroatoms. The Morgan fingerprint density at radius 1 is 1.05 bits per heavy atom. The summed E-state index contributed by atoms with van der Waals surface area (Å²) in [6.45, 7) is 1.33. The molecule has 1 saturated heterocycles. The number of ether oxygens (including phenoxy) is 2. The van der Waals surface area contributed by atoms with Crippen molar-refractivity contribution in [1.82, 2.24) is 0 Å². The van der Waals surface area contributed by atoms with E-state index < -0.39 is 0 Å². The Kier molecular flexibility index (Phi) is 2.23. The number of hydrogen-bond donors (Lipinski definition) is 0. The van der Waals surface area contributed by atoms with Crippen molar-refractivity contribution in [2.75, 3.05) is 13.2 Å². The molecule has 0 bridgehead atoms. The van der Waals surface area contributed by atoms with Crippen LogP contribution in [0.2, 0.25) is 0 Å². The smallest absolute Gasteiger partial charge is 0.194 e. The highest BCUT2D eigenvalue weighted by Gasteiger charge is 2.27. The van der Waals surface area contributed by atoms with Crippen molar-refractivity contribution in [3.8, 4) is 16.9 Å². The zero-order valence-electron chi connectivity index (χ0n) is 10.3. The molecule has 1 heterocycles. The van der Waals surface area contributed by atoms with Crippen LogP contribution in [0.1, 0.15) is 15.9 Å². The Balaban J connectivity index is 1.71. The van der Waals surface area contributed by atoms with Crippen LogP contribution in [0.15, 0.2) is 42.5 Å². The van der Waals surface area contributed by atoms with Crippen LogP contribution in [0.25, 0.3) is 11.1 Å². The van der Waals surface area contributed by atoms with Crippen LogP contribution in [0.4, 0.5) is 0 Å². The standard InChI is InChI=1S/C16H12O3/c17-16-14-4-2-1-3-12(14)13-6-5-10(7-15(13)16)18-8-11-9-19-11/h1-7,11H,8-9H2/t11-/m1/s1.